The van der Waals surface area contributed by atoms with Gasteiger partial charge >= 0.3 is 0 Å². The SMILES string of the molecule is C=C(C)COc1ccc(-c2c(CC)sc3ncc(CCN)n23)cc1. The molecular formula is C19H23N3OS. The Balaban J connectivity index is 2.01. The predicted molar refractivity (Wildman–Crippen MR) is 101 cm³/mol. The summed E-state index contributed by atoms with van der Waals surface area (Å²) in [6.45, 7) is 9.17. The van der Waals surface area contributed by atoms with Crippen LogP contribution in [0.3, 0.4) is 0 Å². The minimum atomic E-state index is 0.546. The molecule has 0 aliphatic carbocycles. The van der Waals surface area contributed by atoms with Crippen molar-refractivity contribution in [3.63, 3.8) is 0 Å². The Kier molecular flexibility index (Phi) is 5.02. The zero-order valence-electron chi connectivity index (χ0n) is 14.2. The predicted octanol–water partition coefficient (Wildman–Crippen LogP) is 4.08. The van der Waals surface area contributed by atoms with Crippen molar-refractivity contribution in [1.29, 1.82) is 0 Å². The summed E-state index contributed by atoms with van der Waals surface area (Å²) in [5.74, 6) is 0.860. The molecule has 0 aliphatic heterocycles. The van der Waals surface area contributed by atoms with Crippen molar-refractivity contribution < 1.29 is 4.74 Å². The number of nitrogens with two attached hydrogens (primary N) is 1. The smallest absolute Gasteiger partial charge is 0.194 e. The molecule has 3 rings (SSSR count). The Hall–Kier alpha value is -2.11. The summed E-state index contributed by atoms with van der Waals surface area (Å²) < 4.78 is 7.95. The number of aryl methyl sites for hydroxylation is 1. The lowest BCUT2D eigenvalue weighted by Crippen LogP contribution is -2.05. The molecule has 24 heavy (non-hydrogen) atoms. The molecule has 0 fully saturated rings. The van der Waals surface area contributed by atoms with E-state index in [4.69, 9.17) is 10.5 Å². The van der Waals surface area contributed by atoms with Gasteiger partial charge in [-0.2, -0.15) is 0 Å². The van der Waals surface area contributed by atoms with Gasteiger partial charge in [-0.05, 0) is 55.3 Å². The van der Waals surface area contributed by atoms with Crippen LogP contribution in [0, 0.1) is 0 Å². The second-order valence-corrected chi connectivity index (χ2v) is 6.97. The molecule has 0 bridgehead atoms. The lowest BCUT2D eigenvalue weighted by Gasteiger charge is -2.09. The zero-order valence-corrected chi connectivity index (χ0v) is 15.0. The first-order chi connectivity index (χ1) is 11.6. The zero-order chi connectivity index (χ0) is 17.1. The molecule has 0 amide bonds. The number of hydrogen-bond donors (Lipinski definition) is 1. The van der Waals surface area contributed by atoms with Gasteiger partial charge in [0.1, 0.15) is 12.4 Å². The fourth-order valence-electron chi connectivity index (χ4n) is 2.73. The molecule has 2 aromatic heterocycles. The number of aromatic nitrogens is 2. The number of imidazole rings is 1. The quantitative estimate of drug-likeness (QED) is 0.659. The number of benzene rings is 1. The minimum Gasteiger partial charge on any atom is -0.489 e. The van der Waals surface area contributed by atoms with Crippen LogP contribution in [0.25, 0.3) is 16.2 Å². The fraction of sp³-hybridized carbons (Fsp3) is 0.316. The summed E-state index contributed by atoms with van der Waals surface area (Å²) in [5.41, 5.74) is 10.3. The van der Waals surface area contributed by atoms with Gasteiger partial charge < -0.3 is 10.5 Å². The van der Waals surface area contributed by atoms with E-state index in [1.165, 1.54) is 21.8 Å². The molecule has 0 spiro atoms. The number of hydrogen-bond acceptors (Lipinski definition) is 4. The molecule has 5 heteroatoms. The van der Waals surface area contributed by atoms with E-state index in [2.05, 4.69) is 35.0 Å². The molecular weight excluding hydrogens is 318 g/mol. The highest BCUT2D eigenvalue weighted by molar-refractivity contribution is 7.17. The van der Waals surface area contributed by atoms with Gasteiger partial charge in [-0.1, -0.05) is 13.5 Å². The molecule has 0 saturated carbocycles. The third-order valence-electron chi connectivity index (χ3n) is 3.84. The summed E-state index contributed by atoms with van der Waals surface area (Å²) in [4.78, 5) is 6.92. The second kappa shape index (κ2) is 7.20. The highest BCUT2D eigenvalue weighted by Crippen LogP contribution is 2.34. The maximum Gasteiger partial charge on any atom is 0.194 e. The van der Waals surface area contributed by atoms with E-state index in [-0.39, 0.29) is 0 Å². The molecule has 0 unspecified atom stereocenters. The maximum absolute atomic E-state index is 5.76. The van der Waals surface area contributed by atoms with Crippen molar-refractivity contribution in [2.45, 2.75) is 26.7 Å². The monoisotopic (exact) mass is 341 g/mol. The molecule has 126 valence electrons. The maximum atomic E-state index is 5.76. The Morgan fingerprint density at radius 2 is 2.08 bits per heavy atom. The van der Waals surface area contributed by atoms with Gasteiger partial charge in [-0.15, -0.1) is 11.3 Å². The van der Waals surface area contributed by atoms with Crippen molar-refractivity contribution in [2.24, 2.45) is 5.73 Å². The van der Waals surface area contributed by atoms with Crippen molar-refractivity contribution >= 4 is 16.3 Å². The van der Waals surface area contributed by atoms with Gasteiger partial charge in [0.15, 0.2) is 4.96 Å². The Bertz CT molecular complexity index is 845. The average Bonchev–Trinajstić information content (AvgIpc) is 3.13. The third-order valence-corrected chi connectivity index (χ3v) is 5.04. The molecule has 1 aromatic carbocycles. The Morgan fingerprint density at radius 3 is 2.71 bits per heavy atom. The summed E-state index contributed by atoms with van der Waals surface area (Å²) in [6, 6.07) is 8.25. The van der Waals surface area contributed by atoms with E-state index in [1.54, 1.807) is 11.3 Å². The molecule has 4 nitrogen and oxygen atoms in total. The van der Waals surface area contributed by atoms with Crippen molar-refractivity contribution in [2.75, 3.05) is 13.2 Å². The van der Waals surface area contributed by atoms with E-state index in [0.29, 0.717) is 13.2 Å². The highest BCUT2D eigenvalue weighted by atomic mass is 32.1. The minimum absolute atomic E-state index is 0.546. The van der Waals surface area contributed by atoms with Crippen LogP contribution in [0.5, 0.6) is 5.75 Å². The van der Waals surface area contributed by atoms with Gasteiger partial charge in [0.05, 0.1) is 11.9 Å². The number of nitrogens with zero attached hydrogens (tertiary/aromatic N) is 2. The van der Waals surface area contributed by atoms with Crippen LogP contribution in [0.4, 0.5) is 0 Å². The highest BCUT2D eigenvalue weighted by Gasteiger charge is 2.16. The van der Waals surface area contributed by atoms with E-state index >= 15 is 0 Å². The Labute approximate surface area is 146 Å². The summed E-state index contributed by atoms with van der Waals surface area (Å²) in [5, 5.41) is 0. The van der Waals surface area contributed by atoms with E-state index in [1.807, 2.05) is 25.3 Å². The van der Waals surface area contributed by atoms with Crippen molar-refractivity contribution in [3.8, 4) is 17.0 Å². The lowest BCUT2D eigenvalue weighted by atomic mass is 10.1. The van der Waals surface area contributed by atoms with Crippen LogP contribution >= 0.6 is 11.3 Å². The van der Waals surface area contributed by atoms with Crippen LogP contribution in [-0.2, 0) is 12.8 Å². The van der Waals surface area contributed by atoms with Gasteiger partial charge in [-0.25, -0.2) is 4.98 Å². The van der Waals surface area contributed by atoms with Gasteiger partial charge in [0, 0.05) is 17.0 Å². The average molecular weight is 341 g/mol. The molecule has 0 atom stereocenters. The molecule has 0 radical (unpaired) electrons. The topological polar surface area (TPSA) is 52.5 Å². The first-order valence-electron chi connectivity index (χ1n) is 8.19. The summed E-state index contributed by atoms with van der Waals surface area (Å²) in [6.07, 6.45) is 3.75. The van der Waals surface area contributed by atoms with Crippen LogP contribution < -0.4 is 10.5 Å². The third kappa shape index (κ3) is 3.23. The molecule has 0 saturated heterocycles. The summed E-state index contributed by atoms with van der Waals surface area (Å²) in [7, 11) is 0. The van der Waals surface area contributed by atoms with Gasteiger partial charge in [-0.3, -0.25) is 4.40 Å². The lowest BCUT2D eigenvalue weighted by molar-refractivity contribution is 0.353. The number of thiazole rings is 1. The van der Waals surface area contributed by atoms with E-state index in [0.717, 1.165) is 29.1 Å². The molecule has 2 heterocycles. The standard InChI is InChI=1S/C19H23N3OS/c1-4-17-18(22-15(9-10-20)11-21-19(22)24-17)14-5-7-16(8-6-14)23-12-13(2)3/h5-8,11H,2,4,9-10,12,20H2,1,3H3. The first-order valence-corrected chi connectivity index (χ1v) is 9.01. The van der Waals surface area contributed by atoms with Crippen LogP contribution in [0.2, 0.25) is 0 Å². The fourth-order valence-corrected chi connectivity index (χ4v) is 3.81. The van der Waals surface area contributed by atoms with Gasteiger partial charge in [0.2, 0.25) is 0 Å². The van der Waals surface area contributed by atoms with Crippen LogP contribution in [0.15, 0.2) is 42.6 Å². The summed E-state index contributed by atoms with van der Waals surface area (Å²) >= 11 is 1.75. The molecule has 3 aromatic rings. The largest absolute Gasteiger partial charge is 0.489 e. The molecule has 0 aliphatic rings. The number of rotatable bonds is 7. The Morgan fingerprint density at radius 1 is 1.33 bits per heavy atom. The van der Waals surface area contributed by atoms with Crippen LogP contribution in [-0.4, -0.2) is 22.5 Å². The first kappa shape index (κ1) is 16.7. The van der Waals surface area contributed by atoms with Crippen molar-refractivity contribution in [1.82, 2.24) is 9.38 Å². The van der Waals surface area contributed by atoms with E-state index < -0.39 is 0 Å². The second-order valence-electron chi connectivity index (χ2n) is 5.90. The molecule has 2 N–H and O–H groups in total. The van der Waals surface area contributed by atoms with Crippen molar-refractivity contribution in [3.05, 3.63) is 53.2 Å². The number of fused-ring (bicyclic) bond motifs is 1. The van der Waals surface area contributed by atoms with E-state index in [9.17, 15) is 0 Å². The normalized spacial score (nSPS) is 11.1. The van der Waals surface area contributed by atoms with Crippen LogP contribution in [0.1, 0.15) is 24.4 Å². The van der Waals surface area contributed by atoms with Gasteiger partial charge in [0.25, 0.3) is 0 Å². The number of ether oxygens (including phenoxy) is 1.